The van der Waals surface area contributed by atoms with Crippen molar-refractivity contribution in [3.63, 3.8) is 0 Å². The van der Waals surface area contributed by atoms with Crippen LogP contribution in [0.2, 0.25) is 0 Å². The maximum absolute atomic E-state index is 12.7. The van der Waals surface area contributed by atoms with E-state index in [1.54, 1.807) is 25.7 Å². The van der Waals surface area contributed by atoms with Crippen molar-refractivity contribution in [2.24, 2.45) is 5.92 Å². The van der Waals surface area contributed by atoms with Crippen LogP contribution in [-0.4, -0.2) is 66.5 Å². The molecule has 0 saturated carbocycles. The van der Waals surface area contributed by atoms with Crippen LogP contribution in [0.25, 0.3) is 0 Å². The molecule has 0 aromatic rings. The molecule has 0 aliphatic rings. The van der Waals surface area contributed by atoms with Crippen molar-refractivity contribution in [3.8, 4) is 0 Å². The average molecular weight is 527 g/mol. The zero-order valence-electron chi connectivity index (χ0n) is 24.5. The minimum Gasteiger partial charge on any atom is -0.444 e. The number of nitrogens with zero attached hydrogens (tertiary/aromatic N) is 1. The molecule has 9 heteroatoms. The largest absolute Gasteiger partial charge is 0.444 e. The molecule has 0 radical (unpaired) electrons. The number of nitrogens with one attached hydrogen (secondary N) is 3. The second-order valence-electron chi connectivity index (χ2n) is 10.9. The predicted octanol–water partition coefficient (Wildman–Crippen LogP) is 4.54. The Labute approximate surface area is 225 Å². The lowest BCUT2D eigenvalue weighted by Crippen LogP contribution is -2.48. The summed E-state index contributed by atoms with van der Waals surface area (Å²) >= 11 is 0. The second-order valence-corrected chi connectivity index (χ2v) is 10.9. The summed E-state index contributed by atoms with van der Waals surface area (Å²) in [5, 5.41) is 8.55. The topological polar surface area (TPSA) is 117 Å². The highest BCUT2D eigenvalue weighted by molar-refractivity contribution is 5.85. The number of hydrogen-bond donors (Lipinski definition) is 3. The second kappa shape index (κ2) is 19.7. The fraction of sp³-hybridized carbons (Fsp3) is 0.857. The van der Waals surface area contributed by atoms with E-state index in [0.29, 0.717) is 45.4 Å². The van der Waals surface area contributed by atoms with Gasteiger partial charge in [0, 0.05) is 39.0 Å². The lowest BCUT2D eigenvalue weighted by Gasteiger charge is -2.24. The number of rotatable bonds is 19. The monoisotopic (exact) mass is 526 g/mol. The van der Waals surface area contributed by atoms with E-state index in [1.807, 2.05) is 6.92 Å². The Balaban J connectivity index is 4.47. The minimum atomic E-state index is -0.654. The van der Waals surface area contributed by atoms with Crippen molar-refractivity contribution in [1.29, 1.82) is 0 Å². The first-order chi connectivity index (χ1) is 17.4. The maximum atomic E-state index is 12.7. The fourth-order valence-electron chi connectivity index (χ4n) is 3.84. The number of unbranched alkanes of at least 4 members (excludes halogenated alkanes) is 4. The normalized spacial score (nSPS) is 12.8. The Kier molecular flexibility index (Phi) is 18.5. The Morgan fingerprint density at radius 2 is 1.30 bits per heavy atom. The third-order valence-electron chi connectivity index (χ3n) is 6.05. The van der Waals surface area contributed by atoms with E-state index in [0.717, 1.165) is 44.9 Å². The molecule has 0 unspecified atom stereocenters. The summed E-state index contributed by atoms with van der Waals surface area (Å²) in [6.07, 6.45) is 8.29. The van der Waals surface area contributed by atoms with Gasteiger partial charge >= 0.3 is 6.09 Å². The number of ether oxygens (including phenoxy) is 1. The first-order valence-corrected chi connectivity index (χ1v) is 14.2. The number of alkyl carbamates (subject to hydrolysis) is 1. The highest BCUT2D eigenvalue weighted by atomic mass is 16.6. The first kappa shape index (κ1) is 34.7. The molecule has 0 aliphatic carbocycles. The number of hydrogen-bond acceptors (Lipinski definition) is 5. The molecule has 2 atom stereocenters. The van der Waals surface area contributed by atoms with Crippen LogP contribution in [0.3, 0.4) is 0 Å². The first-order valence-electron chi connectivity index (χ1n) is 14.2. The molecule has 0 heterocycles. The van der Waals surface area contributed by atoms with Crippen molar-refractivity contribution in [3.05, 3.63) is 0 Å². The molecule has 0 aromatic heterocycles. The molecule has 0 aliphatic heterocycles. The summed E-state index contributed by atoms with van der Waals surface area (Å²) in [5.41, 5.74) is -0.639. The molecule has 0 fully saturated rings. The third-order valence-corrected chi connectivity index (χ3v) is 6.05. The predicted molar refractivity (Wildman–Crippen MR) is 148 cm³/mol. The van der Waals surface area contributed by atoms with Crippen LogP contribution in [0.5, 0.6) is 0 Å². The van der Waals surface area contributed by atoms with E-state index in [1.165, 1.54) is 6.92 Å². The van der Waals surface area contributed by atoms with Gasteiger partial charge in [0.2, 0.25) is 17.7 Å². The van der Waals surface area contributed by atoms with E-state index < -0.39 is 17.7 Å². The summed E-state index contributed by atoms with van der Waals surface area (Å²) in [5.74, 6) is -0.196. The molecule has 216 valence electrons. The molecule has 0 saturated heterocycles. The SMILES string of the molecule is CCCCC[C@H](NC(=O)OC(C)(C)C)C(=O)NCCCN(CCCNC(=O)[C@@H](C)CCCCC)C(C)=O. The zero-order valence-corrected chi connectivity index (χ0v) is 24.5. The Morgan fingerprint density at radius 3 is 1.78 bits per heavy atom. The van der Waals surface area contributed by atoms with E-state index in [9.17, 15) is 19.2 Å². The summed E-state index contributed by atoms with van der Waals surface area (Å²) < 4.78 is 5.30. The molecule has 0 spiro atoms. The van der Waals surface area contributed by atoms with Gasteiger partial charge in [0.25, 0.3) is 0 Å². The summed E-state index contributed by atoms with van der Waals surface area (Å²) in [6.45, 7) is 15.1. The molecule has 0 aromatic carbocycles. The molecule has 0 bridgehead atoms. The van der Waals surface area contributed by atoms with Crippen LogP contribution in [0, 0.1) is 5.92 Å². The van der Waals surface area contributed by atoms with Crippen LogP contribution in [0.4, 0.5) is 4.79 Å². The Bertz CT molecular complexity index is 678. The van der Waals surface area contributed by atoms with Crippen molar-refractivity contribution in [2.45, 2.75) is 124 Å². The van der Waals surface area contributed by atoms with E-state index in [2.05, 4.69) is 29.8 Å². The lowest BCUT2D eigenvalue weighted by molar-refractivity contribution is -0.128. The van der Waals surface area contributed by atoms with Gasteiger partial charge in [0.15, 0.2) is 0 Å². The quantitative estimate of drug-likeness (QED) is 0.214. The standard InChI is InChI=1S/C28H54N4O5/c1-8-10-12-16-22(3)25(34)29-18-14-20-32(23(4)33)21-15-19-30-26(35)24(17-13-11-9-2)31-27(36)37-28(5,6)7/h22,24H,8-21H2,1-7H3,(H,29,34)(H,30,35)(H,31,36)/t22-,24-/m0/s1. The highest BCUT2D eigenvalue weighted by Gasteiger charge is 2.24. The highest BCUT2D eigenvalue weighted by Crippen LogP contribution is 2.10. The van der Waals surface area contributed by atoms with Gasteiger partial charge in [-0.2, -0.15) is 0 Å². The number of carbonyl (C=O) groups is 4. The Hall–Kier alpha value is -2.32. The van der Waals surface area contributed by atoms with Crippen LogP contribution >= 0.6 is 0 Å². The summed E-state index contributed by atoms with van der Waals surface area (Å²) in [6, 6.07) is -0.654. The van der Waals surface area contributed by atoms with Gasteiger partial charge in [-0.05, 0) is 46.5 Å². The molecule has 9 nitrogen and oxygen atoms in total. The molecule has 4 amide bonds. The summed E-state index contributed by atoms with van der Waals surface area (Å²) in [7, 11) is 0. The van der Waals surface area contributed by atoms with Gasteiger partial charge in [-0.1, -0.05) is 59.3 Å². The molecule has 0 rings (SSSR count). The van der Waals surface area contributed by atoms with Gasteiger partial charge in [0.1, 0.15) is 11.6 Å². The van der Waals surface area contributed by atoms with Gasteiger partial charge in [-0.15, -0.1) is 0 Å². The van der Waals surface area contributed by atoms with Crippen LogP contribution < -0.4 is 16.0 Å². The summed E-state index contributed by atoms with van der Waals surface area (Å²) in [4.78, 5) is 50.9. The van der Waals surface area contributed by atoms with Crippen molar-refractivity contribution in [1.82, 2.24) is 20.9 Å². The maximum Gasteiger partial charge on any atom is 0.408 e. The Morgan fingerprint density at radius 1 is 0.784 bits per heavy atom. The fourth-order valence-corrected chi connectivity index (χ4v) is 3.84. The third kappa shape index (κ3) is 18.6. The van der Waals surface area contributed by atoms with Crippen molar-refractivity contribution >= 4 is 23.8 Å². The smallest absolute Gasteiger partial charge is 0.408 e. The van der Waals surface area contributed by atoms with E-state index in [-0.39, 0.29) is 23.6 Å². The van der Waals surface area contributed by atoms with Crippen LogP contribution in [0.15, 0.2) is 0 Å². The van der Waals surface area contributed by atoms with Crippen molar-refractivity contribution < 1.29 is 23.9 Å². The number of carbonyl (C=O) groups excluding carboxylic acids is 4. The van der Waals surface area contributed by atoms with Crippen LogP contribution in [0.1, 0.15) is 113 Å². The molecule has 37 heavy (non-hydrogen) atoms. The lowest BCUT2D eigenvalue weighted by atomic mass is 10.0. The van der Waals surface area contributed by atoms with Gasteiger partial charge in [-0.25, -0.2) is 4.79 Å². The van der Waals surface area contributed by atoms with E-state index in [4.69, 9.17) is 4.74 Å². The van der Waals surface area contributed by atoms with Crippen molar-refractivity contribution in [2.75, 3.05) is 26.2 Å². The van der Waals surface area contributed by atoms with Gasteiger partial charge in [0.05, 0.1) is 0 Å². The van der Waals surface area contributed by atoms with Gasteiger partial charge < -0.3 is 25.6 Å². The molecule has 3 N–H and O–H groups in total. The van der Waals surface area contributed by atoms with E-state index >= 15 is 0 Å². The molecular weight excluding hydrogens is 472 g/mol. The minimum absolute atomic E-state index is 0.00896. The molecular formula is C28H54N4O5. The average Bonchev–Trinajstić information content (AvgIpc) is 2.80. The van der Waals surface area contributed by atoms with Gasteiger partial charge in [-0.3, -0.25) is 14.4 Å². The van der Waals surface area contributed by atoms with Crippen LogP contribution in [-0.2, 0) is 19.1 Å². The number of amides is 4. The zero-order chi connectivity index (χ0) is 28.3.